The minimum Gasteiger partial charge on any atom is -0.493 e. The summed E-state index contributed by atoms with van der Waals surface area (Å²) in [5.41, 5.74) is 1.66. The van der Waals surface area contributed by atoms with Gasteiger partial charge in [-0.15, -0.1) is 12.4 Å². The van der Waals surface area contributed by atoms with Crippen LogP contribution in [0.1, 0.15) is 49.7 Å². The van der Waals surface area contributed by atoms with Crippen LogP contribution in [-0.2, 0) is 13.2 Å². The highest BCUT2D eigenvalue weighted by Crippen LogP contribution is 2.37. The van der Waals surface area contributed by atoms with Gasteiger partial charge in [0, 0.05) is 18.2 Å². The van der Waals surface area contributed by atoms with Gasteiger partial charge in [0.2, 0.25) is 0 Å². The molecule has 1 aliphatic carbocycles. The first-order chi connectivity index (χ1) is 13.2. The number of rotatable bonds is 7. The Balaban J connectivity index is 0.00000280. The number of nitrogens with one attached hydrogen (secondary N) is 1. The lowest BCUT2D eigenvalue weighted by atomic mass is 10.1. The van der Waals surface area contributed by atoms with E-state index in [2.05, 4.69) is 21.2 Å². The third-order valence-electron chi connectivity index (χ3n) is 5.07. The van der Waals surface area contributed by atoms with E-state index in [1.807, 2.05) is 12.1 Å². The van der Waals surface area contributed by atoms with Crippen LogP contribution in [0.3, 0.4) is 0 Å². The van der Waals surface area contributed by atoms with Crippen molar-refractivity contribution in [2.24, 2.45) is 0 Å². The number of halogens is 3. The quantitative estimate of drug-likeness (QED) is 0.472. The Morgan fingerprint density at radius 3 is 2.50 bits per heavy atom. The molecule has 0 atom stereocenters. The molecule has 1 N–H and O–H groups in total. The van der Waals surface area contributed by atoms with Crippen molar-refractivity contribution in [2.75, 3.05) is 7.11 Å². The fourth-order valence-corrected chi connectivity index (χ4v) is 4.13. The average molecular weight is 473 g/mol. The number of hydrogen-bond acceptors (Lipinski definition) is 3. The molecule has 0 radical (unpaired) electrons. The highest BCUT2D eigenvalue weighted by atomic mass is 79.9. The van der Waals surface area contributed by atoms with E-state index in [1.54, 1.807) is 25.3 Å². The van der Waals surface area contributed by atoms with Crippen LogP contribution in [0.2, 0.25) is 0 Å². The van der Waals surface area contributed by atoms with Gasteiger partial charge in [-0.1, -0.05) is 43.9 Å². The molecule has 0 saturated heterocycles. The first-order valence-electron chi connectivity index (χ1n) is 9.63. The minimum absolute atomic E-state index is 0. The Bertz CT molecular complexity index is 751. The van der Waals surface area contributed by atoms with E-state index in [-0.39, 0.29) is 24.8 Å². The van der Waals surface area contributed by atoms with Gasteiger partial charge in [0.1, 0.15) is 12.4 Å². The van der Waals surface area contributed by atoms with Gasteiger partial charge in [-0.3, -0.25) is 0 Å². The Hall–Kier alpha value is -1.30. The molecule has 0 unspecified atom stereocenters. The van der Waals surface area contributed by atoms with Gasteiger partial charge in [-0.2, -0.15) is 0 Å². The lowest BCUT2D eigenvalue weighted by molar-refractivity contribution is 0.277. The normalized spacial score (nSPS) is 14.8. The van der Waals surface area contributed by atoms with Gasteiger partial charge in [-0.25, -0.2) is 4.39 Å². The molecule has 3 nitrogen and oxygen atoms in total. The van der Waals surface area contributed by atoms with Crippen molar-refractivity contribution in [2.45, 2.75) is 57.7 Å². The second kappa shape index (κ2) is 11.6. The Kier molecular flexibility index (Phi) is 9.56. The average Bonchev–Trinajstić information content (AvgIpc) is 2.95. The van der Waals surface area contributed by atoms with Crippen molar-refractivity contribution in [3.05, 3.63) is 57.8 Å². The molecule has 1 saturated carbocycles. The summed E-state index contributed by atoms with van der Waals surface area (Å²) in [4.78, 5) is 0. The molecule has 1 aliphatic rings. The van der Waals surface area contributed by atoms with Crippen LogP contribution in [-0.4, -0.2) is 13.2 Å². The third kappa shape index (κ3) is 6.36. The zero-order valence-electron chi connectivity index (χ0n) is 16.2. The summed E-state index contributed by atoms with van der Waals surface area (Å²) in [6, 6.07) is 11.3. The first-order valence-corrected chi connectivity index (χ1v) is 10.4. The molecular formula is C22H28BrClFNO2. The zero-order chi connectivity index (χ0) is 19.1. The van der Waals surface area contributed by atoms with Crippen LogP contribution in [0.5, 0.6) is 11.5 Å². The van der Waals surface area contributed by atoms with Crippen molar-refractivity contribution in [3.8, 4) is 11.5 Å². The minimum atomic E-state index is -0.267. The predicted octanol–water partition coefficient (Wildman–Crippen LogP) is 6.41. The summed E-state index contributed by atoms with van der Waals surface area (Å²) < 4.78 is 26.0. The van der Waals surface area contributed by atoms with Crippen LogP contribution in [0, 0.1) is 5.82 Å². The van der Waals surface area contributed by atoms with Crippen LogP contribution < -0.4 is 14.8 Å². The Morgan fingerprint density at radius 2 is 1.82 bits per heavy atom. The maximum absolute atomic E-state index is 13.8. The molecule has 2 aromatic carbocycles. The van der Waals surface area contributed by atoms with E-state index in [0.29, 0.717) is 23.1 Å². The van der Waals surface area contributed by atoms with E-state index in [4.69, 9.17) is 9.47 Å². The van der Waals surface area contributed by atoms with Crippen LogP contribution in [0.4, 0.5) is 4.39 Å². The van der Waals surface area contributed by atoms with E-state index >= 15 is 0 Å². The van der Waals surface area contributed by atoms with Crippen molar-refractivity contribution in [1.29, 1.82) is 0 Å². The van der Waals surface area contributed by atoms with Crippen LogP contribution in [0.25, 0.3) is 0 Å². The molecule has 28 heavy (non-hydrogen) atoms. The van der Waals surface area contributed by atoms with E-state index in [0.717, 1.165) is 16.6 Å². The maximum Gasteiger partial charge on any atom is 0.175 e. The highest BCUT2D eigenvalue weighted by Gasteiger charge is 2.15. The second-order valence-electron chi connectivity index (χ2n) is 7.06. The molecule has 0 heterocycles. The number of ether oxygens (including phenoxy) is 2. The fourth-order valence-electron chi connectivity index (χ4n) is 3.53. The van der Waals surface area contributed by atoms with Gasteiger partial charge in [0.25, 0.3) is 0 Å². The third-order valence-corrected chi connectivity index (χ3v) is 5.66. The summed E-state index contributed by atoms with van der Waals surface area (Å²) >= 11 is 3.58. The van der Waals surface area contributed by atoms with Gasteiger partial charge in [0.05, 0.1) is 11.6 Å². The van der Waals surface area contributed by atoms with E-state index in [1.165, 1.54) is 44.6 Å². The second-order valence-corrected chi connectivity index (χ2v) is 7.91. The number of hydrogen-bond donors (Lipinski definition) is 1. The molecule has 1 fully saturated rings. The zero-order valence-corrected chi connectivity index (χ0v) is 18.6. The monoisotopic (exact) mass is 471 g/mol. The smallest absolute Gasteiger partial charge is 0.175 e. The van der Waals surface area contributed by atoms with Crippen LogP contribution >= 0.6 is 28.3 Å². The highest BCUT2D eigenvalue weighted by molar-refractivity contribution is 9.10. The van der Waals surface area contributed by atoms with Crippen molar-refractivity contribution < 1.29 is 13.9 Å². The molecule has 2 aromatic rings. The summed E-state index contributed by atoms with van der Waals surface area (Å²) in [5, 5.41) is 3.67. The molecule has 0 spiro atoms. The van der Waals surface area contributed by atoms with Crippen LogP contribution in [0.15, 0.2) is 40.9 Å². The summed E-state index contributed by atoms with van der Waals surface area (Å²) in [6.07, 6.45) is 7.84. The summed E-state index contributed by atoms with van der Waals surface area (Å²) in [5.74, 6) is 0.981. The first kappa shape index (κ1) is 23.0. The molecule has 0 aromatic heterocycles. The van der Waals surface area contributed by atoms with E-state index < -0.39 is 0 Å². The van der Waals surface area contributed by atoms with E-state index in [9.17, 15) is 4.39 Å². The Morgan fingerprint density at radius 1 is 1.11 bits per heavy atom. The Labute approximate surface area is 181 Å². The lowest BCUT2D eigenvalue weighted by Gasteiger charge is -2.18. The van der Waals surface area contributed by atoms with Gasteiger partial charge < -0.3 is 14.8 Å². The molecule has 0 bridgehead atoms. The van der Waals surface area contributed by atoms with Crippen molar-refractivity contribution in [3.63, 3.8) is 0 Å². The largest absolute Gasteiger partial charge is 0.493 e. The number of methoxy groups -OCH3 is 1. The molecule has 0 aliphatic heterocycles. The van der Waals surface area contributed by atoms with Gasteiger partial charge in [-0.05, 0) is 52.5 Å². The van der Waals surface area contributed by atoms with Crippen molar-refractivity contribution in [1.82, 2.24) is 5.32 Å². The summed E-state index contributed by atoms with van der Waals surface area (Å²) in [7, 11) is 1.63. The standard InChI is InChI=1S/C22H27BrFNO2.ClH/c1-26-21-13-16(14-25-18-9-4-2-3-5-10-18)12-19(23)22(21)27-15-17-8-6-7-11-20(17)24;/h6-8,11-13,18,25H,2-5,9-10,14-15H2,1H3;1H. The predicted molar refractivity (Wildman–Crippen MR) is 117 cm³/mol. The summed E-state index contributed by atoms with van der Waals surface area (Å²) in [6.45, 7) is 0.953. The SMILES string of the molecule is COc1cc(CNC2CCCCCC2)cc(Br)c1OCc1ccccc1F.Cl. The number of benzene rings is 2. The lowest BCUT2D eigenvalue weighted by Crippen LogP contribution is -2.27. The fraction of sp³-hybridized carbons (Fsp3) is 0.455. The topological polar surface area (TPSA) is 30.5 Å². The van der Waals surface area contributed by atoms with Crippen molar-refractivity contribution >= 4 is 28.3 Å². The van der Waals surface area contributed by atoms with Gasteiger partial charge in [0.15, 0.2) is 11.5 Å². The maximum atomic E-state index is 13.8. The molecule has 0 amide bonds. The molecule has 154 valence electrons. The van der Waals surface area contributed by atoms with Gasteiger partial charge >= 0.3 is 0 Å². The molecular weight excluding hydrogens is 445 g/mol. The molecule has 3 rings (SSSR count). The molecule has 6 heteroatoms.